The van der Waals surface area contributed by atoms with Crippen LogP contribution in [0.4, 0.5) is 8.78 Å². The van der Waals surface area contributed by atoms with Gasteiger partial charge in [-0.3, -0.25) is 4.99 Å². The van der Waals surface area contributed by atoms with Crippen molar-refractivity contribution in [1.82, 2.24) is 16.0 Å². The molecule has 1 heterocycles. The van der Waals surface area contributed by atoms with Crippen molar-refractivity contribution < 1.29 is 13.5 Å². The molecule has 0 aromatic heterocycles. The zero-order valence-corrected chi connectivity index (χ0v) is 21.2. The summed E-state index contributed by atoms with van der Waals surface area (Å²) in [4.78, 5) is 4.31. The molecule has 0 saturated carbocycles. The molecule has 5 nitrogen and oxygen atoms in total. The molecule has 2 unspecified atom stereocenters. The van der Waals surface area contributed by atoms with Crippen molar-refractivity contribution in [2.45, 2.75) is 44.3 Å². The molecular weight excluding hydrogens is 525 g/mol. The smallest absolute Gasteiger partial charge is 0.191 e. The van der Waals surface area contributed by atoms with E-state index in [4.69, 9.17) is 4.74 Å². The van der Waals surface area contributed by atoms with E-state index in [0.717, 1.165) is 18.9 Å². The van der Waals surface area contributed by atoms with Crippen LogP contribution in [-0.2, 0) is 4.74 Å². The van der Waals surface area contributed by atoms with E-state index in [1.807, 2.05) is 25.1 Å². The number of rotatable bonds is 7. The van der Waals surface area contributed by atoms with Crippen molar-refractivity contribution in [2.75, 3.05) is 26.8 Å². The zero-order valence-electron chi connectivity index (χ0n) is 18.8. The van der Waals surface area contributed by atoms with Crippen LogP contribution in [0, 0.1) is 11.6 Å². The van der Waals surface area contributed by atoms with Crippen LogP contribution in [0.25, 0.3) is 0 Å². The molecule has 1 fully saturated rings. The third-order valence-electron chi connectivity index (χ3n) is 5.89. The Morgan fingerprint density at radius 2 is 1.69 bits per heavy atom. The summed E-state index contributed by atoms with van der Waals surface area (Å²) in [6.07, 6.45) is 1.76. The number of hydrogen-bond donors (Lipinski definition) is 3. The van der Waals surface area contributed by atoms with Gasteiger partial charge >= 0.3 is 0 Å². The van der Waals surface area contributed by atoms with E-state index in [1.54, 1.807) is 13.1 Å². The highest BCUT2D eigenvalue weighted by Crippen LogP contribution is 2.25. The molecule has 32 heavy (non-hydrogen) atoms. The van der Waals surface area contributed by atoms with Crippen LogP contribution in [0.5, 0.6) is 0 Å². The van der Waals surface area contributed by atoms with Gasteiger partial charge in [-0.1, -0.05) is 36.4 Å². The van der Waals surface area contributed by atoms with Crippen molar-refractivity contribution >= 4 is 29.9 Å². The maximum Gasteiger partial charge on any atom is 0.191 e. The summed E-state index contributed by atoms with van der Waals surface area (Å²) in [6.45, 7) is 6.13. The summed E-state index contributed by atoms with van der Waals surface area (Å²) >= 11 is 0. The highest BCUT2D eigenvalue weighted by atomic mass is 127. The molecule has 1 aliphatic rings. The minimum atomic E-state index is -0.852. The Morgan fingerprint density at radius 3 is 2.31 bits per heavy atom. The minimum Gasteiger partial charge on any atom is -0.381 e. The van der Waals surface area contributed by atoms with Crippen LogP contribution in [0.3, 0.4) is 0 Å². The topological polar surface area (TPSA) is 57.7 Å². The molecule has 3 N–H and O–H groups in total. The van der Waals surface area contributed by atoms with Gasteiger partial charge in [0.05, 0.1) is 6.04 Å². The number of guanidine groups is 1. The largest absolute Gasteiger partial charge is 0.381 e. The van der Waals surface area contributed by atoms with Gasteiger partial charge < -0.3 is 20.7 Å². The van der Waals surface area contributed by atoms with E-state index in [2.05, 4.69) is 40.0 Å². The van der Waals surface area contributed by atoms with Gasteiger partial charge in [0.25, 0.3) is 0 Å². The average molecular weight is 558 g/mol. The quantitative estimate of drug-likeness (QED) is 0.262. The van der Waals surface area contributed by atoms with Crippen LogP contribution in [-0.4, -0.2) is 38.3 Å². The number of benzene rings is 2. The Bertz CT molecular complexity index is 876. The van der Waals surface area contributed by atoms with Crippen LogP contribution < -0.4 is 16.0 Å². The number of nitrogens with one attached hydrogen (secondary N) is 3. The monoisotopic (exact) mass is 558 g/mol. The fourth-order valence-electron chi connectivity index (χ4n) is 3.94. The molecule has 8 heteroatoms. The number of aliphatic imine (C=N–C) groups is 1. The molecule has 0 amide bonds. The van der Waals surface area contributed by atoms with Crippen LogP contribution >= 0.6 is 24.0 Å². The van der Waals surface area contributed by atoms with Crippen molar-refractivity contribution in [2.24, 2.45) is 4.99 Å². The molecule has 0 radical (unpaired) electrons. The predicted octanol–water partition coefficient (Wildman–Crippen LogP) is 4.71. The molecule has 1 saturated heterocycles. The van der Waals surface area contributed by atoms with Crippen molar-refractivity contribution in [1.29, 1.82) is 0 Å². The molecular formula is C24H33F2IN4O. The SMILES string of the molecule is CN=C(NCC1(NC(C)c2ccccc2)CCOCC1)NC(C)c1ccc(F)c(F)c1.I. The maximum absolute atomic E-state index is 13.6. The van der Waals surface area contributed by atoms with Gasteiger partial charge in [-0.2, -0.15) is 0 Å². The third kappa shape index (κ3) is 7.11. The lowest BCUT2D eigenvalue weighted by Gasteiger charge is -2.41. The summed E-state index contributed by atoms with van der Waals surface area (Å²) in [7, 11) is 1.70. The normalized spacial score (nSPS) is 17.7. The molecule has 0 aliphatic carbocycles. The second-order valence-corrected chi connectivity index (χ2v) is 8.13. The van der Waals surface area contributed by atoms with Gasteiger partial charge in [0, 0.05) is 38.4 Å². The first-order chi connectivity index (χ1) is 14.9. The van der Waals surface area contributed by atoms with Crippen molar-refractivity contribution in [3.8, 4) is 0 Å². The second-order valence-electron chi connectivity index (χ2n) is 8.13. The Morgan fingerprint density at radius 1 is 1.00 bits per heavy atom. The Kier molecular flexibility index (Phi) is 10.3. The first-order valence-electron chi connectivity index (χ1n) is 10.7. The molecule has 2 atom stereocenters. The lowest BCUT2D eigenvalue weighted by atomic mass is 9.88. The maximum atomic E-state index is 13.6. The van der Waals surface area contributed by atoms with Gasteiger partial charge in [-0.05, 0) is 49.9 Å². The molecule has 2 aromatic rings. The van der Waals surface area contributed by atoms with E-state index in [9.17, 15) is 8.78 Å². The number of halogens is 3. The van der Waals surface area contributed by atoms with E-state index >= 15 is 0 Å². The predicted molar refractivity (Wildman–Crippen MR) is 135 cm³/mol. The standard InChI is InChI=1S/C24H32F2N4O.HI/c1-17(20-9-10-21(25)22(26)15-20)29-23(27-3)28-16-24(11-13-31-14-12-24)30-18(2)19-7-5-4-6-8-19;/h4-10,15,17-18,30H,11-14,16H2,1-3H3,(H2,27,28,29);1H. The summed E-state index contributed by atoms with van der Waals surface area (Å²) < 4.78 is 32.4. The first kappa shape index (κ1) is 26.5. The fourth-order valence-corrected chi connectivity index (χ4v) is 3.94. The molecule has 0 bridgehead atoms. The average Bonchev–Trinajstić information content (AvgIpc) is 2.79. The number of ether oxygens (including phenoxy) is 1. The zero-order chi connectivity index (χ0) is 22.3. The Labute approximate surface area is 206 Å². The van der Waals surface area contributed by atoms with E-state index in [0.29, 0.717) is 31.3 Å². The van der Waals surface area contributed by atoms with Crippen molar-refractivity contribution in [3.63, 3.8) is 0 Å². The molecule has 0 spiro atoms. The summed E-state index contributed by atoms with van der Waals surface area (Å²) in [5.74, 6) is -1.09. The van der Waals surface area contributed by atoms with Crippen LogP contribution in [0.15, 0.2) is 53.5 Å². The third-order valence-corrected chi connectivity index (χ3v) is 5.89. The Balaban J connectivity index is 0.00000363. The van der Waals surface area contributed by atoms with Gasteiger partial charge in [0.2, 0.25) is 0 Å². The summed E-state index contributed by atoms with van der Waals surface area (Å²) in [5.41, 5.74) is 1.75. The van der Waals surface area contributed by atoms with Crippen LogP contribution in [0.2, 0.25) is 0 Å². The van der Waals surface area contributed by atoms with Gasteiger partial charge in [-0.15, -0.1) is 24.0 Å². The van der Waals surface area contributed by atoms with E-state index < -0.39 is 11.6 Å². The lowest BCUT2D eigenvalue weighted by molar-refractivity contribution is 0.0354. The highest BCUT2D eigenvalue weighted by molar-refractivity contribution is 14.0. The Hall–Kier alpha value is -1.78. The lowest BCUT2D eigenvalue weighted by Crippen LogP contribution is -2.58. The van der Waals surface area contributed by atoms with Gasteiger partial charge in [0.15, 0.2) is 17.6 Å². The second kappa shape index (κ2) is 12.5. The van der Waals surface area contributed by atoms with E-state index in [1.165, 1.54) is 11.6 Å². The number of nitrogens with zero attached hydrogens (tertiary/aromatic N) is 1. The van der Waals surface area contributed by atoms with Gasteiger partial charge in [0.1, 0.15) is 0 Å². The first-order valence-corrected chi connectivity index (χ1v) is 10.7. The fraction of sp³-hybridized carbons (Fsp3) is 0.458. The van der Waals surface area contributed by atoms with Crippen molar-refractivity contribution in [3.05, 3.63) is 71.3 Å². The minimum absolute atomic E-state index is 0. The highest BCUT2D eigenvalue weighted by Gasteiger charge is 2.34. The summed E-state index contributed by atoms with van der Waals surface area (Å²) in [6, 6.07) is 14.3. The molecule has 176 valence electrons. The van der Waals surface area contributed by atoms with Gasteiger partial charge in [-0.25, -0.2) is 8.78 Å². The molecule has 2 aromatic carbocycles. The number of hydrogen-bond acceptors (Lipinski definition) is 3. The van der Waals surface area contributed by atoms with E-state index in [-0.39, 0.29) is 41.6 Å². The van der Waals surface area contributed by atoms with Crippen LogP contribution in [0.1, 0.15) is 49.9 Å². The summed E-state index contributed by atoms with van der Waals surface area (Å²) in [5, 5.41) is 10.5. The molecule has 3 rings (SSSR count). The molecule has 1 aliphatic heterocycles.